The first kappa shape index (κ1) is 14.3. The van der Waals surface area contributed by atoms with Crippen molar-refractivity contribution in [3.8, 4) is 0 Å². The highest BCUT2D eigenvalue weighted by molar-refractivity contribution is 7.89. The van der Waals surface area contributed by atoms with Gasteiger partial charge in [-0.1, -0.05) is 0 Å². The van der Waals surface area contributed by atoms with Gasteiger partial charge < -0.3 is 14.7 Å². The molecule has 1 unspecified atom stereocenters. The van der Waals surface area contributed by atoms with Crippen molar-refractivity contribution in [3.63, 3.8) is 0 Å². The summed E-state index contributed by atoms with van der Waals surface area (Å²) >= 11 is 0. The number of nitrogens with one attached hydrogen (secondary N) is 2. The lowest BCUT2D eigenvalue weighted by molar-refractivity contribution is 0.0979. The molecule has 0 saturated carbocycles. The molecule has 0 aliphatic carbocycles. The van der Waals surface area contributed by atoms with Crippen LogP contribution in [0.3, 0.4) is 0 Å². The molecule has 0 spiro atoms. The van der Waals surface area contributed by atoms with Gasteiger partial charge in [-0.15, -0.1) is 0 Å². The fourth-order valence-corrected chi connectivity index (χ4v) is 3.75. The maximum atomic E-state index is 12.5. The molecule has 1 aromatic heterocycles. The number of benzene rings is 1. The van der Waals surface area contributed by atoms with Gasteiger partial charge in [0.1, 0.15) is 0 Å². The van der Waals surface area contributed by atoms with E-state index in [2.05, 4.69) is 9.97 Å². The van der Waals surface area contributed by atoms with Crippen LogP contribution in [0.4, 0.5) is 0 Å². The largest absolute Gasteiger partial charge is 0.377 e. The second-order valence-corrected chi connectivity index (χ2v) is 7.25. The Morgan fingerprint density at radius 2 is 2.10 bits per heavy atom. The minimum absolute atomic E-state index is 0.0411. The lowest BCUT2D eigenvalue weighted by atomic mass is 10.2. The van der Waals surface area contributed by atoms with Gasteiger partial charge in [0.25, 0.3) is 0 Å². The van der Waals surface area contributed by atoms with Gasteiger partial charge in [0.15, 0.2) is 0 Å². The second kappa shape index (κ2) is 5.28. The molecule has 1 saturated heterocycles. The van der Waals surface area contributed by atoms with E-state index in [1.54, 1.807) is 13.1 Å². The van der Waals surface area contributed by atoms with Crippen molar-refractivity contribution in [2.75, 3.05) is 20.2 Å². The Morgan fingerprint density at radius 3 is 2.81 bits per heavy atom. The number of fused-ring (bicyclic) bond motifs is 1. The molecule has 0 amide bonds. The number of hydrogen-bond acceptors (Lipinski definition) is 4. The zero-order chi connectivity index (χ0) is 15.0. The minimum atomic E-state index is -3.59. The number of likely N-dealkylation sites (N-methyl/N-ethyl adjacent to an activating group) is 1. The summed E-state index contributed by atoms with van der Waals surface area (Å²) in [4.78, 5) is 16.5. The highest BCUT2D eigenvalue weighted by atomic mass is 32.2. The maximum Gasteiger partial charge on any atom is 0.323 e. The van der Waals surface area contributed by atoms with Crippen molar-refractivity contribution in [1.82, 2.24) is 14.3 Å². The molecular formula is C13H17N3O4S. The van der Waals surface area contributed by atoms with Crippen LogP contribution in [0, 0.1) is 0 Å². The first-order valence-electron chi connectivity index (χ1n) is 6.77. The normalized spacial score (nSPS) is 19.6. The summed E-state index contributed by atoms with van der Waals surface area (Å²) in [6.07, 6.45) is 1.81. The van der Waals surface area contributed by atoms with E-state index >= 15 is 0 Å². The van der Waals surface area contributed by atoms with Crippen molar-refractivity contribution in [3.05, 3.63) is 28.7 Å². The van der Waals surface area contributed by atoms with E-state index in [0.717, 1.165) is 12.8 Å². The zero-order valence-electron chi connectivity index (χ0n) is 11.6. The van der Waals surface area contributed by atoms with Crippen molar-refractivity contribution in [2.24, 2.45) is 0 Å². The molecule has 2 aromatic rings. The summed E-state index contributed by atoms with van der Waals surface area (Å²) in [7, 11) is -2.05. The molecule has 3 rings (SSSR count). The molecule has 1 atom stereocenters. The fraction of sp³-hybridized carbons (Fsp3) is 0.462. The average Bonchev–Trinajstić information content (AvgIpc) is 3.05. The smallest absolute Gasteiger partial charge is 0.323 e. The quantitative estimate of drug-likeness (QED) is 0.867. The summed E-state index contributed by atoms with van der Waals surface area (Å²) < 4.78 is 31.8. The number of sulfonamides is 1. The van der Waals surface area contributed by atoms with Gasteiger partial charge in [0.2, 0.25) is 10.0 Å². The van der Waals surface area contributed by atoms with E-state index in [9.17, 15) is 13.2 Å². The fourth-order valence-electron chi connectivity index (χ4n) is 2.53. The first-order chi connectivity index (χ1) is 9.96. The summed E-state index contributed by atoms with van der Waals surface area (Å²) in [5.74, 6) is 0. The van der Waals surface area contributed by atoms with Gasteiger partial charge in [0, 0.05) is 20.2 Å². The Bertz CT molecular complexity index is 802. The van der Waals surface area contributed by atoms with Crippen molar-refractivity contribution < 1.29 is 13.2 Å². The van der Waals surface area contributed by atoms with Gasteiger partial charge >= 0.3 is 5.69 Å². The molecule has 1 aliphatic heterocycles. The van der Waals surface area contributed by atoms with Crippen LogP contribution >= 0.6 is 0 Å². The second-order valence-electron chi connectivity index (χ2n) is 5.21. The monoisotopic (exact) mass is 311 g/mol. The third-order valence-corrected chi connectivity index (χ3v) is 5.50. The molecule has 114 valence electrons. The molecule has 1 aromatic carbocycles. The molecule has 1 aliphatic rings. The molecule has 7 nitrogen and oxygen atoms in total. The van der Waals surface area contributed by atoms with Gasteiger partial charge in [0.05, 0.1) is 22.0 Å². The number of aromatic amines is 2. The van der Waals surface area contributed by atoms with Crippen LogP contribution < -0.4 is 5.69 Å². The van der Waals surface area contributed by atoms with E-state index in [4.69, 9.17) is 4.74 Å². The Hall–Kier alpha value is -1.64. The van der Waals surface area contributed by atoms with E-state index < -0.39 is 10.0 Å². The standard InChI is InChI=1S/C13H17N3O4S/c1-16(8-9-3-2-6-20-9)21(18,19)10-4-5-11-12(7-10)15-13(17)14-11/h4-5,7,9H,2-3,6,8H2,1H3,(H2,14,15,17). The molecule has 2 N–H and O–H groups in total. The molecule has 0 bridgehead atoms. The molecular weight excluding hydrogens is 294 g/mol. The van der Waals surface area contributed by atoms with Gasteiger partial charge in [-0.2, -0.15) is 4.31 Å². The predicted molar refractivity (Wildman–Crippen MR) is 77.7 cm³/mol. The summed E-state index contributed by atoms with van der Waals surface area (Å²) in [5.41, 5.74) is 0.708. The Labute approximate surface area is 122 Å². The van der Waals surface area contributed by atoms with Crippen molar-refractivity contribution in [2.45, 2.75) is 23.8 Å². The van der Waals surface area contributed by atoms with Crippen LogP contribution in [0.5, 0.6) is 0 Å². The number of nitrogens with zero attached hydrogens (tertiary/aromatic N) is 1. The van der Waals surface area contributed by atoms with Gasteiger partial charge in [-0.25, -0.2) is 13.2 Å². The number of imidazole rings is 1. The van der Waals surface area contributed by atoms with Crippen LogP contribution in [0.25, 0.3) is 11.0 Å². The van der Waals surface area contributed by atoms with E-state index in [-0.39, 0.29) is 16.7 Å². The highest BCUT2D eigenvalue weighted by Gasteiger charge is 2.26. The summed E-state index contributed by atoms with van der Waals surface area (Å²) in [6.45, 7) is 1.03. The molecule has 21 heavy (non-hydrogen) atoms. The Kier molecular flexibility index (Phi) is 3.60. The topological polar surface area (TPSA) is 95.3 Å². The average molecular weight is 311 g/mol. The first-order valence-corrected chi connectivity index (χ1v) is 8.21. The van der Waals surface area contributed by atoms with Gasteiger partial charge in [-0.05, 0) is 31.0 Å². The third kappa shape index (κ3) is 2.74. The lowest BCUT2D eigenvalue weighted by Gasteiger charge is -2.20. The van der Waals surface area contributed by atoms with Crippen molar-refractivity contribution >= 4 is 21.1 Å². The van der Waals surface area contributed by atoms with Crippen LogP contribution in [0.2, 0.25) is 0 Å². The Morgan fingerprint density at radius 1 is 1.33 bits per heavy atom. The highest BCUT2D eigenvalue weighted by Crippen LogP contribution is 2.20. The SMILES string of the molecule is CN(CC1CCCO1)S(=O)(=O)c1ccc2[nH]c(=O)[nH]c2c1. The van der Waals surface area contributed by atoms with Crippen molar-refractivity contribution in [1.29, 1.82) is 0 Å². The molecule has 2 heterocycles. The Balaban J connectivity index is 1.89. The van der Waals surface area contributed by atoms with E-state index in [1.165, 1.54) is 16.4 Å². The lowest BCUT2D eigenvalue weighted by Crippen LogP contribution is -2.34. The van der Waals surface area contributed by atoms with Crippen LogP contribution in [-0.4, -0.2) is 49.0 Å². The van der Waals surface area contributed by atoms with Crippen LogP contribution in [-0.2, 0) is 14.8 Å². The van der Waals surface area contributed by atoms with E-state index in [1.807, 2.05) is 0 Å². The van der Waals surface area contributed by atoms with Crippen LogP contribution in [0.15, 0.2) is 27.9 Å². The van der Waals surface area contributed by atoms with Gasteiger partial charge in [-0.3, -0.25) is 0 Å². The summed E-state index contributed by atoms with van der Waals surface area (Å²) in [5, 5.41) is 0. The molecule has 8 heteroatoms. The number of rotatable bonds is 4. The molecule has 1 fully saturated rings. The summed E-state index contributed by atoms with van der Waals surface area (Å²) in [6, 6.07) is 4.54. The number of ether oxygens (including phenoxy) is 1. The van der Waals surface area contributed by atoms with Crippen LogP contribution in [0.1, 0.15) is 12.8 Å². The molecule has 0 radical (unpaired) electrons. The number of H-pyrrole nitrogens is 2. The van der Waals surface area contributed by atoms with E-state index in [0.29, 0.717) is 24.2 Å². The zero-order valence-corrected chi connectivity index (χ0v) is 12.4. The number of aromatic nitrogens is 2. The number of hydrogen-bond donors (Lipinski definition) is 2. The minimum Gasteiger partial charge on any atom is -0.377 e. The third-order valence-electron chi connectivity index (χ3n) is 3.68. The predicted octanol–water partition coefficient (Wildman–Crippen LogP) is 0.656. The maximum absolute atomic E-state index is 12.5.